The number of aromatic hydroxyl groups is 2. The van der Waals surface area contributed by atoms with Crippen molar-refractivity contribution in [3.05, 3.63) is 47.5 Å². The first-order chi connectivity index (χ1) is 20.0. The Bertz CT molecular complexity index is 944. The van der Waals surface area contributed by atoms with Crippen LogP contribution in [0.5, 0.6) is 23.0 Å². The van der Waals surface area contributed by atoms with Crippen LogP contribution in [0.1, 0.15) is 38.8 Å². The average molecular weight is 573 g/mol. The second kappa shape index (κ2) is 18.1. The fourth-order valence-corrected chi connectivity index (χ4v) is 5.03. The largest absolute Gasteiger partial charge is 0.504 e. The summed E-state index contributed by atoms with van der Waals surface area (Å²) in [6.45, 7) is 21.2. The number of hydrogen-bond acceptors (Lipinski definition) is 9. The molecule has 41 heavy (non-hydrogen) atoms. The molecule has 2 aromatic carbocycles. The number of rotatable bonds is 4. The Morgan fingerprint density at radius 3 is 1.27 bits per heavy atom. The second-order valence-corrected chi connectivity index (χ2v) is 10.4. The molecule has 0 saturated carbocycles. The minimum absolute atomic E-state index is 0.197. The molecule has 0 saturated heterocycles. The molecular formula is C32H52N4O5. The Morgan fingerprint density at radius 1 is 0.537 bits per heavy atom. The van der Waals surface area contributed by atoms with Gasteiger partial charge in [-0.2, -0.15) is 0 Å². The molecule has 0 spiro atoms. The third-order valence-electron chi connectivity index (χ3n) is 7.91. The van der Waals surface area contributed by atoms with Gasteiger partial charge in [0, 0.05) is 63.5 Å². The minimum atomic E-state index is 0.197. The van der Waals surface area contributed by atoms with Crippen molar-refractivity contribution >= 4 is 0 Å². The van der Waals surface area contributed by atoms with Crippen LogP contribution in [0.15, 0.2) is 36.4 Å². The van der Waals surface area contributed by atoms with Crippen molar-refractivity contribution in [2.45, 2.75) is 40.8 Å². The molecule has 2 aromatic rings. The zero-order valence-electron chi connectivity index (χ0n) is 25.7. The van der Waals surface area contributed by atoms with Gasteiger partial charge in [-0.3, -0.25) is 9.80 Å². The number of benzene rings is 2. The number of nitrogens with zero attached hydrogens (tertiary/aromatic N) is 4. The summed E-state index contributed by atoms with van der Waals surface area (Å²) in [7, 11) is 0. The Balaban J connectivity index is 1.72. The summed E-state index contributed by atoms with van der Waals surface area (Å²) in [5.41, 5.74) is 1.74. The van der Waals surface area contributed by atoms with Crippen molar-refractivity contribution in [2.75, 3.05) is 91.9 Å². The number of likely N-dealkylation sites (N-methyl/N-ethyl adjacent to an activating group) is 4. The van der Waals surface area contributed by atoms with Crippen LogP contribution < -0.4 is 9.47 Å². The Kier molecular flexibility index (Phi) is 14.5. The lowest BCUT2D eigenvalue weighted by Crippen LogP contribution is -2.41. The number of hydrogen-bond donors (Lipinski definition) is 2. The molecule has 0 unspecified atom stereocenters. The van der Waals surface area contributed by atoms with Crippen molar-refractivity contribution in [3.63, 3.8) is 0 Å². The summed E-state index contributed by atoms with van der Waals surface area (Å²) in [5.74, 6) is 1.34. The van der Waals surface area contributed by atoms with E-state index in [-0.39, 0.29) is 11.5 Å². The van der Waals surface area contributed by atoms with Crippen molar-refractivity contribution < 1.29 is 24.4 Å². The molecule has 4 bridgehead atoms. The molecule has 1 heterocycles. The van der Waals surface area contributed by atoms with E-state index < -0.39 is 0 Å². The van der Waals surface area contributed by atoms with E-state index in [4.69, 9.17) is 14.2 Å². The van der Waals surface area contributed by atoms with Gasteiger partial charge in [-0.15, -0.1) is 0 Å². The maximum Gasteiger partial charge on any atom is 0.162 e. The SMILES string of the molecule is CCN1CCN(CC)CCN(CC)Cc2cccc(c2O)OCCOCCOc2cccc(c2O)CN(CC)CC1. The lowest BCUT2D eigenvalue weighted by Gasteiger charge is -2.30. The first-order valence-corrected chi connectivity index (χ1v) is 15.3. The van der Waals surface area contributed by atoms with Gasteiger partial charge in [-0.05, 0) is 38.3 Å². The number of ether oxygens (including phenoxy) is 3. The van der Waals surface area contributed by atoms with Crippen molar-refractivity contribution in [1.29, 1.82) is 0 Å². The van der Waals surface area contributed by atoms with E-state index >= 15 is 0 Å². The van der Waals surface area contributed by atoms with Crippen LogP contribution >= 0.6 is 0 Å². The monoisotopic (exact) mass is 572 g/mol. The lowest BCUT2D eigenvalue weighted by molar-refractivity contribution is 0.0749. The smallest absolute Gasteiger partial charge is 0.162 e. The average Bonchev–Trinajstić information content (AvgIpc) is 2.99. The molecule has 0 amide bonds. The quantitative estimate of drug-likeness (QED) is 0.568. The highest BCUT2D eigenvalue weighted by Crippen LogP contribution is 2.31. The topological polar surface area (TPSA) is 81.1 Å². The first kappa shape index (κ1) is 32.9. The van der Waals surface area contributed by atoms with Gasteiger partial charge in [0.05, 0.1) is 13.2 Å². The highest BCUT2D eigenvalue weighted by molar-refractivity contribution is 5.46. The van der Waals surface area contributed by atoms with Crippen LogP contribution in [-0.2, 0) is 17.8 Å². The van der Waals surface area contributed by atoms with Crippen LogP contribution in [0.2, 0.25) is 0 Å². The maximum absolute atomic E-state index is 10.9. The molecule has 2 N–H and O–H groups in total. The maximum atomic E-state index is 10.9. The number of fused-ring (bicyclic) bond motifs is 4. The first-order valence-electron chi connectivity index (χ1n) is 15.3. The molecule has 1 aliphatic heterocycles. The standard InChI is InChI=1S/C32H52N4O5/c1-5-33-15-16-34(6-2)18-20-36(8-4)26-28-12-10-14-30(32(28)38)41-24-22-39-21-23-40-29-13-9-11-27(31(29)37)25-35(7-3)19-17-33/h9-14,37-38H,5-8,15-26H2,1-4H3. The van der Waals surface area contributed by atoms with Crippen molar-refractivity contribution in [2.24, 2.45) is 0 Å². The van der Waals surface area contributed by atoms with Gasteiger partial charge in [-0.25, -0.2) is 0 Å². The molecule has 0 radical (unpaired) electrons. The van der Waals surface area contributed by atoms with E-state index in [0.29, 0.717) is 51.0 Å². The molecule has 9 heteroatoms. The predicted molar refractivity (Wildman–Crippen MR) is 164 cm³/mol. The normalized spacial score (nSPS) is 19.0. The van der Waals surface area contributed by atoms with Crippen LogP contribution in [0.25, 0.3) is 0 Å². The van der Waals surface area contributed by atoms with E-state index in [1.165, 1.54) is 0 Å². The minimum Gasteiger partial charge on any atom is -0.504 e. The second-order valence-electron chi connectivity index (χ2n) is 10.4. The molecular weight excluding hydrogens is 520 g/mol. The van der Waals surface area contributed by atoms with Crippen LogP contribution in [-0.4, -0.2) is 122 Å². The molecule has 1 aliphatic rings. The molecule has 3 rings (SSSR count). The molecule has 0 atom stereocenters. The Hall–Kier alpha value is -2.56. The van der Waals surface area contributed by atoms with E-state index in [0.717, 1.165) is 76.6 Å². The van der Waals surface area contributed by atoms with Gasteiger partial charge < -0.3 is 34.2 Å². The highest BCUT2D eigenvalue weighted by Gasteiger charge is 2.16. The molecule has 0 fully saturated rings. The highest BCUT2D eigenvalue weighted by atomic mass is 16.5. The van der Waals surface area contributed by atoms with E-state index in [2.05, 4.69) is 47.3 Å². The Morgan fingerprint density at radius 2 is 0.902 bits per heavy atom. The van der Waals surface area contributed by atoms with Gasteiger partial charge in [0.1, 0.15) is 13.2 Å². The molecule has 230 valence electrons. The van der Waals surface area contributed by atoms with Gasteiger partial charge in [0.15, 0.2) is 23.0 Å². The summed E-state index contributed by atoms with van der Waals surface area (Å²) in [5, 5.41) is 21.8. The molecule has 0 aliphatic carbocycles. The Labute approximate surface area is 247 Å². The number of phenolic OH excluding ortho intramolecular Hbond substituents is 2. The van der Waals surface area contributed by atoms with Crippen LogP contribution in [0.4, 0.5) is 0 Å². The van der Waals surface area contributed by atoms with Crippen molar-refractivity contribution in [3.8, 4) is 23.0 Å². The van der Waals surface area contributed by atoms with E-state index in [1.54, 1.807) is 12.1 Å². The summed E-state index contributed by atoms with van der Waals surface area (Å²) >= 11 is 0. The summed E-state index contributed by atoms with van der Waals surface area (Å²) in [6, 6.07) is 11.4. The molecule has 0 aromatic heterocycles. The van der Waals surface area contributed by atoms with Gasteiger partial charge in [-0.1, -0.05) is 52.0 Å². The number of para-hydroxylation sites is 2. The number of phenols is 2. The predicted octanol–water partition coefficient (Wildman–Crippen LogP) is 3.87. The fourth-order valence-electron chi connectivity index (χ4n) is 5.03. The lowest BCUT2D eigenvalue weighted by atomic mass is 10.1. The third-order valence-corrected chi connectivity index (χ3v) is 7.91. The molecule has 9 nitrogen and oxygen atoms in total. The summed E-state index contributed by atoms with van der Waals surface area (Å²) < 4.78 is 17.3. The van der Waals surface area contributed by atoms with Crippen LogP contribution in [0, 0.1) is 0 Å². The van der Waals surface area contributed by atoms with E-state index in [9.17, 15) is 10.2 Å². The fraction of sp³-hybridized carbons (Fsp3) is 0.625. The van der Waals surface area contributed by atoms with Crippen LogP contribution in [0.3, 0.4) is 0 Å². The van der Waals surface area contributed by atoms with Gasteiger partial charge >= 0.3 is 0 Å². The summed E-state index contributed by atoms with van der Waals surface area (Å²) in [4.78, 5) is 9.75. The van der Waals surface area contributed by atoms with Gasteiger partial charge in [0.25, 0.3) is 0 Å². The summed E-state index contributed by atoms with van der Waals surface area (Å²) in [6.07, 6.45) is 0. The van der Waals surface area contributed by atoms with Gasteiger partial charge in [0.2, 0.25) is 0 Å². The zero-order chi connectivity index (χ0) is 29.5. The van der Waals surface area contributed by atoms with Crippen molar-refractivity contribution in [1.82, 2.24) is 19.6 Å². The van der Waals surface area contributed by atoms with E-state index in [1.807, 2.05) is 24.3 Å². The zero-order valence-corrected chi connectivity index (χ0v) is 25.7. The third kappa shape index (κ3) is 10.7.